The Hall–Kier alpha value is -3.02. The maximum absolute atomic E-state index is 12.9. The predicted octanol–water partition coefficient (Wildman–Crippen LogP) is 3.87. The zero-order valence-electron chi connectivity index (χ0n) is 15.2. The van der Waals surface area contributed by atoms with Crippen molar-refractivity contribution in [3.8, 4) is 5.95 Å². The maximum Gasteiger partial charge on any atom is 0.250 e. The van der Waals surface area contributed by atoms with Gasteiger partial charge in [0, 0.05) is 24.5 Å². The van der Waals surface area contributed by atoms with Crippen molar-refractivity contribution in [3.05, 3.63) is 59.5 Å². The van der Waals surface area contributed by atoms with Crippen LogP contribution in [-0.2, 0) is 6.42 Å². The second-order valence-corrected chi connectivity index (χ2v) is 7.57. The first kappa shape index (κ1) is 16.4. The minimum Gasteiger partial charge on any atom is -0.338 e. The molecule has 0 bridgehead atoms. The molecule has 1 N–H and O–H groups in total. The van der Waals surface area contributed by atoms with Gasteiger partial charge in [0.1, 0.15) is 0 Å². The van der Waals surface area contributed by atoms with Gasteiger partial charge in [-0.3, -0.25) is 4.79 Å². The SMILES string of the molecule is Cc1cccc(Nc2nn(-c3ncccn3)c3c2C(=O)CC(C)(C)C3)c1. The van der Waals surface area contributed by atoms with Gasteiger partial charge in [-0.25, -0.2) is 14.6 Å². The molecule has 0 spiro atoms. The first-order valence-electron chi connectivity index (χ1n) is 8.69. The quantitative estimate of drug-likeness (QED) is 0.778. The van der Waals surface area contributed by atoms with E-state index in [1.807, 2.05) is 31.2 Å². The van der Waals surface area contributed by atoms with Gasteiger partial charge in [-0.05, 0) is 42.5 Å². The molecule has 3 aromatic rings. The van der Waals surface area contributed by atoms with Crippen molar-refractivity contribution in [1.82, 2.24) is 19.7 Å². The molecular weight excluding hydrogens is 326 g/mol. The molecule has 2 heterocycles. The maximum atomic E-state index is 12.9. The van der Waals surface area contributed by atoms with Gasteiger partial charge >= 0.3 is 0 Å². The van der Waals surface area contributed by atoms with Crippen LogP contribution in [0, 0.1) is 12.3 Å². The minimum atomic E-state index is -0.114. The summed E-state index contributed by atoms with van der Waals surface area (Å²) in [5, 5.41) is 7.98. The van der Waals surface area contributed by atoms with Crippen molar-refractivity contribution in [2.45, 2.75) is 33.6 Å². The second kappa shape index (κ2) is 6.05. The van der Waals surface area contributed by atoms with E-state index in [-0.39, 0.29) is 11.2 Å². The van der Waals surface area contributed by atoms with Crippen LogP contribution in [0.15, 0.2) is 42.7 Å². The Balaban J connectivity index is 1.85. The number of rotatable bonds is 3. The molecule has 4 rings (SSSR count). The predicted molar refractivity (Wildman–Crippen MR) is 100 cm³/mol. The van der Waals surface area contributed by atoms with Crippen molar-refractivity contribution < 1.29 is 4.79 Å². The molecule has 0 aliphatic heterocycles. The van der Waals surface area contributed by atoms with E-state index in [0.717, 1.165) is 23.4 Å². The minimum absolute atomic E-state index is 0.105. The molecule has 0 atom stereocenters. The smallest absolute Gasteiger partial charge is 0.250 e. The fourth-order valence-electron chi connectivity index (χ4n) is 3.46. The highest BCUT2D eigenvalue weighted by atomic mass is 16.1. The van der Waals surface area contributed by atoms with Gasteiger partial charge in [-0.15, -0.1) is 5.10 Å². The zero-order chi connectivity index (χ0) is 18.3. The number of fused-ring (bicyclic) bond motifs is 1. The first-order valence-corrected chi connectivity index (χ1v) is 8.69. The van der Waals surface area contributed by atoms with Crippen LogP contribution in [0.1, 0.15) is 41.9 Å². The normalized spacial score (nSPS) is 15.6. The average Bonchev–Trinajstić information content (AvgIpc) is 2.93. The third-order valence-electron chi connectivity index (χ3n) is 4.57. The summed E-state index contributed by atoms with van der Waals surface area (Å²) in [5.41, 5.74) is 3.45. The zero-order valence-corrected chi connectivity index (χ0v) is 15.2. The van der Waals surface area contributed by atoms with Crippen LogP contribution in [0.3, 0.4) is 0 Å². The molecule has 0 saturated carbocycles. The molecule has 0 fully saturated rings. The number of carbonyl (C=O) groups is 1. The molecular formula is C20H21N5O. The Labute approximate surface area is 152 Å². The van der Waals surface area contributed by atoms with Gasteiger partial charge in [0.25, 0.3) is 5.95 Å². The molecule has 0 amide bonds. The molecule has 6 heteroatoms. The summed E-state index contributed by atoms with van der Waals surface area (Å²) in [6.07, 6.45) is 4.61. The van der Waals surface area contributed by atoms with Crippen LogP contribution in [0.4, 0.5) is 11.5 Å². The highest BCUT2D eigenvalue weighted by molar-refractivity contribution is 6.03. The van der Waals surface area contributed by atoms with Crippen molar-refractivity contribution >= 4 is 17.3 Å². The topological polar surface area (TPSA) is 72.7 Å². The monoisotopic (exact) mass is 347 g/mol. The van der Waals surface area contributed by atoms with Gasteiger partial charge in [-0.1, -0.05) is 26.0 Å². The largest absolute Gasteiger partial charge is 0.338 e. The number of hydrogen-bond donors (Lipinski definition) is 1. The summed E-state index contributed by atoms with van der Waals surface area (Å²) in [7, 11) is 0. The molecule has 1 aromatic carbocycles. The number of nitrogens with zero attached hydrogens (tertiary/aromatic N) is 4. The summed E-state index contributed by atoms with van der Waals surface area (Å²) >= 11 is 0. The lowest BCUT2D eigenvalue weighted by atomic mass is 9.76. The van der Waals surface area contributed by atoms with Gasteiger partial charge < -0.3 is 5.32 Å². The van der Waals surface area contributed by atoms with Gasteiger partial charge in [0.05, 0.1) is 11.3 Å². The van der Waals surface area contributed by atoms with Crippen molar-refractivity contribution in [2.24, 2.45) is 5.41 Å². The number of ketones is 1. The average molecular weight is 347 g/mol. The van der Waals surface area contributed by atoms with Crippen molar-refractivity contribution in [3.63, 3.8) is 0 Å². The van der Waals surface area contributed by atoms with E-state index >= 15 is 0 Å². The Morgan fingerprint density at radius 3 is 2.62 bits per heavy atom. The molecule has 6 nitrogen and oxygen atoms in total. The Morgan fingerprint density at radius 2 is 1.88 bits per heavy atom. The van der Waals surface area contributed by atoms with Gasteiger partial charge in [0.15, 0.2) is 11.6 Å². The fraction of sp³-hybridized carbons (Fsp3) is 0.300. The van der Waals surface area contributed by atoms with Crippen molar-refractivity contribution in [2.75, 3.05) is 5.32 Å². The molecule has 2 aromatic heterocycles. The number of aromatic nitrogens is 4. The van der Waals surface area contributed by atoms with Crippen LogP contribution in [-0.4, -0.2) is 25.5 Å². The van der Waals surface area contributed by atoms with Gasteiger partial charge in [-0.2, -0.15) is 0 Å². The molecule has 132 valence electrons. The van der Waals surface area contributed by atoms with Crippen LogP contribution >= 0.6 is 0 Å². The summed E-state index contributed by atoms with van der Waals surface area (Å²) in [4.78, 5) is 21.5. The number of hydrogen-bond acceptors (Lipinski definition) is 5. The highest BCUT2D eigenvalue weighted by Gasteiger charge is 2.37. The molecule has 0 unspecified atom stereocenters. The number of carbonyl (C=O) groups excluding carboxylic acids is 1. The van der Waals surface area contributed by atoms with E-state index < -0.39 is 0 Å². The number of benzene rings is 1. The van der Waals surface area contributed by atoms with E-state index in [2.05, 4.69) is 34.2 Å². The number of anilines is 2. The van der Waals surface area contributed by atoms with E-state index in [4.69, 9.17) is 0 Å². The van der Waals surface area contributed by atoms with E-state index in [1.165, 1.54) is 0 Å². The number of aryl methyl sites for hydroxylation is 1. The van der Waals surface area contributed by atoms with E-state index in [0.29, 0.717) is 23.8 Å². The molecule has 1 aliphatic carbocycles. The molecule has 1 aliphatic rings. The van der Waals surface area contributed by atoms with Crippen LogP contribution < -0.4 is 5.32 Å². The lowest BCUT2D eigenvalue weighted by Crippen LogP contribution is -2.28. The fourth-order valence-corrected chi connectivity index (χ4v) is 3.46. The third kappa shape index (κ3) is 2.98. The van der Waals surface area contributed by atoms with Crippen LogP contribution in [0.25, 0.3) is 5.95 Å². The van der Waals surface area contributed by atoms with E-state index in [9.17, 15) is 4.79 Å². The first-order chi connectivity index (χ1) is 12.4. The third-order valence-corrected chi connectivity index (χ3v) is 4.57. The summed E-state index contributed by atoms with van der Waals surface area (Å²) in [6.45, 7) is 6.24. The lowest BCUT2D eigenvalue weighted by molar-refractivity contribution is 0.0911. The number of nitrogens with one attached hydrogen (secondary N) is 1. The Morgan fingerprint density at radius 1 is 1.12 bits per heavy atom. The van der Waals surface area contributed by atoms with Crippen LogP contribution in [0.2, 0.25) is 0 Å². The van der Waals surface area contributed by atoms with E-state index in [1.54, 1.807) is 23.1 Å². The highest BCUT2D eigenvalue weighted by Crippen LogP contribution is 2.39. The van der Waals surface area contributed by atoms with Crippen molar-refractivity contribution in [1.29, 1.82) is 0 Å². The summed E-state index contributed by atoms with van der Waals surface area (Å²) < 4.78 is 1.70. The lowest BCUT2D eigenvalue weighted by Gasteiger charge is -2.28. The second-order valence-electron chi connectivity index (χ2n) is 7.57. The Kier molecular flexibility index (Phi) is 3.83. The molecule has 0 radical (unpaired) electrons. The summed E-state index contributed by atoms with van der Waals surface area (Å²) in [6, 6.07) is 9.77. The standard InChI is InChI=1S/C20H21N5O/c1-13-6-4-7-14(10-13)23-18-17-15(11-20(2,3)12-16(17)26)25(24-18)19-21-8-5-9-22-19/h4-10H,11-12H2,1-3H3,(H,23,24). The van der Waals surface area contributed by atoms with Gasteiger partial charge in [0.2, 0.25) is 0 Å². The summed E-state index contributed by atoms with van der Waals surface area (Å²) in [5.74, 6) is 1.15. The Bertz CT molecular complexity index is 975. The molecule has 26 heavy (non-hydrogen) atoms. The molecule has 0 saturated heterocycles. The number of Topliss-reactive ketones (excluding diaryl/α,β-unsaturated/α-hetero) is 1. The van der Waals surface area contributed by atoms with Crippen LogP contribution in [0.5, 0.6) is 0 Å².